The van der Waals surface area contributed by atoms with Gasteiger partial charge in [-0.15, -0.1) is 11.8 Å². The van der Waals surface area contributed by atoms with Crippen LogP contribution in [0.2, 0.25) is 5.02 Å². The molecule has 1 aromatic heterocycles. The van der Waals surface area contributed by atoms with Crippen molar-refractivity contribution in [2.24, 2.45) is 0 Å². The Morgan fingerprint density at radius 1 is 1.73 bits per heavy atom. The molecule has 2 heterocycles. The average Bonchev–Trinajstić information content (AvgIpc) is 2.31. The normalized spacial score (nSPS) is 21.8. The SMILES string of the molecule is Clc1ccnc2c1SC(I)C2. The van der Waals surface area contributed by atoms with Crippen molar-refractivity contribution in [3.8, 4) is 0 Å². The summed E-state index contributed by atoms with van der Waals surface area (Å²) in [5.41, 5.74) is 1.15. The summed E-state index contributed by atoms with van der Waals surface area (Å²) >= 11 is 10.2. The Balaban J connectivity index is 2.49. The zero-order chi connectivity index (χ0) is 7.84. The van der Waals surface area contributed by atoms with Crippen molar-refractivity contribution in [1.29, 1.82) is 0 Å². The summed E-state index contributed by atoms with van der Waals surface area (Å²) in [6, 6.07) is 1.85. The van der Waals surface area contributed by atoms with Gasteiger partial charge in [0.1, 0.15) is 0 Å². The van der Waals surface area contributed by atoms with Gasteiger partial charge in [0.05, 0.1) is 14.0 Å². The number of thioether (sulfide) groups is 1. The van der Waals surface area contributed by atoms with E-state index in [0.29, 0.717) is 3.26 Å². The third-order valence-corrected chi connectivity index (χ3v) is 4.27. The standard InChI is InChI=1S/C7H5ClINS/c8-4-1-2-10-5-3-6(9)11-7(4)5/h1-2,6H,3H2. The minimum Gasteiger partial charge on any atom is -0.260 e. The van der Waals surface area contributed by atoms with Gasteiger partial charge < -0.3 is 0 Å². The molecule has 0 amide bonds. The van der Waals surface area contributed by atoms with Crippen LogP contribution in [-0.2, 0) is 6.42 Å². The highest BCUT2D eigenvalue weighted by Gasteiger charge is 2.22. The second-order valence-electron chi connectivity index (χ2n) is 2.30. The van der Waals surface area contributed by atoms with E-state index in [0.717, 1.165) is 17.1 Å². The maximum Gasteiger partial charge on any atom is 0.0668 e. The monoisotopic (exact) mass is 297 g/mol. The first-order valence-electron chi connectivity index (χ1n) is 3.21. The van der Waals surface area contributed by atoms with Crippen LogP contribution in [-0.4, -0.2) is 8.24 Å². The number of fused-ring (bicyclic) bond motifs is 1. The van der Waals surface area contributed by atoms with E-state index in [1.54, 1.807) is 6.20 Å². The predicted molar refractivity (Wildman–Crippen MR) is 56.6 cm³/mol. The lowest BCUT2D eigenvalue weighted by Crippen LogP contribution is -1.89. The molecule has 1 aromatic rings. The first-order chi connectivity index (χ1) is 5.27. The second kappa shape index (κ2) is 3.11. The number of hydrogen-bond acceptors (Lipinski definition) is 2. The smallest absolute Gasteiger partial charge is 0.0668 e. The number of aromatic nitrogens is 1. The highest BCUT2D eigenvalue weighted by atomic mass is 127. The number of halogens is 2. The molecular formula is C7H5ClINS. The first kappa shape index (κ1) is 8.13. The van der Waals surface area contributed by atoms with Gasteiger partial charge in [-0.2, -0.15) is 0 Å². The molecule has 0 saturated carbocycles. The molecule has 4 heteroatoms. The van der Waals surface area contributed by atoms with Gasteiger partial charge in [0.2, 0.25) is 0 Å². The van der Waals surface area contributed by atoms with Gasteiger partial charge in [0.15, 0.2) is 0 Å². The molecule has 11 heavy (non-hydrogen) atoms. The van der Waals surface area contributed by atoms with E-state index in [9.17, 15) is 0 Å². The van der Waals surface area contributed by atoms with Crippen LogP contribution in [0, 0.1) is 0 Å². The highest BCUT2D eigenvalue weighted by molar-refractivity contribution is 14.1. The molecular weight excluding hydrogens is 293 g/mol. The topological polar surface area (TPSA) is 12.9 Å². The molecule has 0 aliphatic carbocycles. The molecule has 0 bridgehead atoms. The molecule has 1 aliphatic rings. The third-order valence-electron chi connectivity index (χ3n) is 1.53. The van der Waals surface area contributed by atoms with E-state index in [2.05, 4.69) is 27.6 Å². The molecule has 1 atom stereocenters. The molecule has 0 radical (unpaired) electrons. The lowest BCUT2D eigenvalue weighted by molar-refractivity contribution is 1.02. The fourth-order valence-electron chi connectivity index (χ4n) is 1.06. The van der Waals surface area contributed by atoms with Crippen LogP contribution in [0.1, 0.15) is 5.69 Å². The number of nitrogens with zero attached hydrogens (tertiary/aromatic N) is 1. The summed E-state index contributed by atoms with van der Waals surface area (Å²) in [5, 5.41) is 0.846. The van der Waals surface area contributed by atoms with Gasteiger partial charge in [-0.25, -0.2) is 0 Å². The maximum atomic E-state index is 5.97. The molecule has 0 saturated heterocycles. The van der Waals surface area contributed by atoms with Crippen molar-refractivity contribution in [3.63, 3.8) is 0 Å². The van der Waals surface area contributed by atoms with E-state index < -0.39 is 0 Å². The molecule has 2 rings (SSSR count). The van der Waals surface area contributed by atoms with Gasteiger partial charge in [0.25, 0.3) is 0 Å². The van der Waals surface area contributed by atoms with Gasteiger partial charge in [-0.05, 0) is 6.07 Å². The summed E-state index contributed by atoms with van der Waals surface area (Å²) in [5.74, 6) is 0. The van der Waals surface area contributed by atoms with E-state index in [-0.39, 0.29) is 0 Å². The Bertz CT molecular complexity index is 292. The first-order valence-corrected chi connectivity index (χ1v) is 5.72. The van der Waals surface area contributed by atoms with Gasteiger partial charge in [-0.3, -0.25) is 4.98 Å². The fourth-order valence-corrected chi connectivity index (χ4v) is 3.48. The van der Waals surface area contributed by atoms with Crippen molar-refractivity contribution in [2.75, 3.05) is 0 Å². The van der Waals surface area contributed by atoms with Crippen molar-refractivity contribution >= 4 is 46.0 Å². The number of hydrogen-bond donors (Lipinski definition) is 0. The molecule has 0 fully saturated rings. The lowest BCUT2D eigenvalue weighted by Gasteiger charge is -1.96. The zero-order valence-electron chi connectivity index (χ0n) is 5.55. The van der Waals surface area contributed by atoms with Gasteiger partial charge in [-0.1, -0.05) is 34.2 Å². The number of alkyl halides is 1. The van der Waals surface area contributed by atoms with Crippen LogP contribution in [0.15, 0.2) is 17.2 Å². The van der Waals surface area contributed by atoms with Gasteiger partial charge >= 0.3 is 0 Å². The second-order valence-corrected chi connectivity index (χ2v) is 6.27. The quantitative estimate of drug-likeness (QED) is 0.539. The predicted octanol–water partition coefficient (Wildman–Crippen LogP) is 3.14. The zero-order valence-corrected chi connectivity index (χ0v) is 9.28. The number of rotatable bonds is 0. The van der Waals surface area contributed by atoms with E-state index in [1.807, 2.05) is 17.8 Å². The highest BCUT2D eigenvalue weighted by Crippen LogP contribution is 2.42. The molecule has 0 spiro atoms. The van der Waals surface area contributed by atoms with Crippen molar-refractivity contribution in [1.82, 2.24) is 4.98 Å². The summed E-state index contributed by atoms with van der Waals surface area (Å²) in [4.78, 5) is 5.44. The Labute approximate surface area is 88.1 Å². The molecule has 0 N–H and O–H groups in total. The Kier molecular flexibility index (Phi) is 2.30. The van der Waals surface area contributed by atoms with Crippen LogP contribution >= 0.6 is 46.0 Å². The van der Waals surface area contributed by atoms with Crippen LogP contribution in [0.4, 0.5) is 0 Å². The van der Waals surface area contributed by atoms with Crippen LogP contribution in [0.3, 0.4) is 0 Å². The minimum atomic E-state index is 0.606. The molecule has 1 unspecified atom stereocenters. The Hall–Kier alpha value is 0.520. The van der Waals surface area contributed by atoms with Crippen LogP contribution in [0.5, 0.6) is 0 Å². The summed E-state index contributed by atoms with van der Waals surface area (Å²) < 4.78 is 0.606. The summed E-state index contributed by atoms with van der Waals surface area (Å²) in [6.07, 6.45) is 2.82. The molecule has 58 valence electrons. The van der Waals surface area contributed by atoms with E-state index >= 15 is 0 Å². The lowest BCUT2D eigenvalue weighted by atomic mass is 10.3. The largest absolute Gasteiger partial charge is 0.260 e. The summed E-state index contributed by atoms with van der Waals surface area (Å²) in [6.45, 7) is 0. The molecule has 0 aromatic carbocycles. The van der Waals surface area contributed by atoms with E-state index in [1.165, 1.54) is 4.90 Å². The van der Waals surface area contributed by atoms with E-state index in [4.69, 9.17) is 11.6 Å². The van der Waals surface area contributed by atoms with Crippen molar-refractivity contribution in [2.45, 2.75) is 14.6 Å². The van der Waals surface area contributed by atoms with Crippen molar-refractivity contribution < 1.29 is 0 Å². The molecule has 1 nitrogen and oxygen atoms in total. The fraction of sp³-hybridized carbons (Fsp3) is 0.286. The minimum absolute atomic E-state index is 0.606. The number of pyridine rings is 1. The maximum absolute atomic E-state index is 5.97. The summed E-state index contributed by atoms with van der Waals surface area (Å²) in [7, 11) is 0. The Morgan fingerprint density at radius 3 is 3.27 bits per heavy atom. The third kappa shape index (κ3) is 1.51. The van der Waals surface area contributed by atoms with Gasteiger partial charge in [0, 0.05) is 17.5 Å². The average molecular weight is 298 g/mol. The Morgan fingerprint density at radius 2 is 2.55 bits per heavy atom. The van der Waals surface area contributed by atoms with Crippen LogP contribution < -0.4 is 0 Å². The van der Waals surface area contributed by atoms with Crippen LogP contribution in [0.25, 0.3) is 0 Å². The molecule has 1 aliphatic heterocycles. The van der Waals surface area contributed by atoms with Crippen molar-refractivity contribution in [3.05, 3.63) is 23.0 Å².